The molecule has 3 saturated heterocycles. The molecule has 0 radical (unpaired) electrons. The smallest absolute Gasteiger partial charge is 0.327 e. The van der Waals surface area contributed by atoms with Crippen molar-refractivity contribution in [2.75, 3.05) is 42.7 Å². The molecule has 0 unspecified atom stereocenters. The zero-order valence-electron chi connectivity index (χ0n) is 51.8. The maximum atomic E-state index is 14.9. The van der Waals surface area contributed by atoms with Crippen LogP contribution in [0.1, 0.15) is 76.1 Å². The molecule has 0 aliphatic carbocycles. The molecule has 3 fully saturated rings. The number of nitrogens with two attached hydrogens (primary N) is 1. The van der Waals surface area contributed by atoms with Gasteiger partial charge in [-0.2, -0.15) is 0 Å². The zero-order chi connectivity index (χ0) is 68.4. The number of aliphatic hydroxyl groups is 1. The van der Waals surface area contributed by atoms with Gasteiger partial charge in [0.15, 0.2) is 0 Å². The van der Waals surface area contributed by atoms with Crippen LogP contribution >= 0.6 is 43.2 Å². The maximum absolute atomic E-state index is 14.9. The number of benzene rings is 2. The van der Waals surface area contributed by atoms with Crippen LogP contribution in [-0.4, -0.2) is 222 Å². The van der Waals surface area contributed by atoms with Crippen LogP contribution in [0.5, 0.6) is 5.75 Å². The lowest BCUT2D eigenvalue weighted by molar-refractivity contribution is -0.142. The fraction of sp³-hybridized carbons (Fsp3) is 0.525. The van der Waals surface area contributed by atoms with E-state index in [9.17, 15) is 77.6 Å². The van der Waals surface area contributed by atoms with E-state index >= 15 is 0 Å². The Morgan fingerprint density at radius 2 is 1.07 bits per heavy atom. The number of phenolic OH excluding ortho intramolecular Hbond substituents is 1. The van der Waals surface area contributed by atoms with Crippen molar-refractivity contribution in [1.82, 2.24) is 73.4 Å². The van der Waals surface area contributed by atoms with E-state index in [2.05, 4.69) is 68.5 Å². The van der Waals surface area contributed by atoms with Crippen molar-refractivity contribution >= 4 is 120 Å². The molecule has 0 spiro atoms. The Kier molecular flexibility index (Phi) is 30.0. The second-order valence-electron chi connectivity index (χ2n) is 22.2. The number of aliphatic carboxylic acids is 1. The molecule has 6 rings (SSSR count). The fourth-order valence-corrected chi connectivity index (χ4v) is 14.7. The summed E-state index contributed by atoms with van der Waals surface area (Å²) in [5, 5.41) is 59.8. The molecule has 12 amide bonds. The van der Waals surface area contributed by atoms with Gasteiger partial charge >= 0.3 is 5.97 Å². The van der Waals surface area contributed by atoms with Crippen LogP contribution < -0.4 is 64.2 Å². The summed E-state index contributed by atoms with van der Waals surface area (Å²) in [6.45, 7) is 3.25. The zero-order valence-corrected chi connectivity index (χ0v) is 55.1. The molecule has 1 aromatic heterocycles. The number of rotatable bonds is 14. The Morgan fingerprint density at radius 1 is 0.574 bits per heavy atom. The van der Waals surface area contributed by atoms with Gasteiger partial charge in [0.05, 0.1) is 19.5 Å². The van der Waals surface area contributed by atoms with Gasteiger partial charge in [-0.3, -0.25) is 57.5 Å². The number of imidazole rings is 1. The summed E-state index contributed by atoms with van der Waals surface area (Å²) in [5.41, 5.74) is 6.99. The van der Waals surface area contributed by atoms with Crippen LogP contribution in [-0.2, 0) is 81.6 Å². The number of carboxylic acids is 1. The highest BCUT2D eigenvalue weighted by atomic mass is 33.1. The molecule has 0 saturated carbocycles. The minimum absolute atomic E-state index is 0.0158. The Labute approximate surface area is 557 Å². The molecule has 2 bridgehead atoms. The SMILES string of the molecule is CCC[C@@H]1NC(=O)[C@H](CC)NC(=O)[C@H](Cc2ccccc2)NC(=O)[C@@H]2CSSC[C@H](NC(=O)CN)C(=O)N[C@@H](CSSC[C@@H](C(=O)O)NC(=O)[C@H](Cc3ccc(O)cc3)NC1=O)C(=O)N[C@@H](CO)C(=O)N[C@@H](Cc1cnc[nH]1)C(=O)N1CCC[C@H]1C(=O)N[C@@H](CC)C(=O)N2. The largest absolute Gasteiger partial charge is 0.508 e. The summed E-state index contributed by atoms with van der Waals surface area (Å²) in [4.78, 5) is 193. The third-order valence-corrected chi connectivity index (χ3v) is 20.1. The normalized spacial score (nSPS) is 26.9. The number of phenols is 1. The van der Waals surface area contributed by atoms with Gasteiger partial charge < -0.3 is 89.4 Å². The number of hydrogen-bond acceptors (Lipinski definition) is 21. The fourth-order valence-electron chi connectivity index (χ4n) is 10.1. The van der Waals surface area contributed by atoms with Crippen LogP contribution in [0.25, 0.3) is 0 Å². The van der Waals surface area contributed by atoms with Crippen LogP contribution in [0.4, 0.5) is 0 Å². The topological polar surface area (TPSA) is 473 Å². The number of nitrogens with one attached hydrogen (secondary N) is 12. The Balaban J connectivity index is 1.46. The van der Waals surface area contributed by atoms with Crippen molar-refractivity contribution < 1.29 is 77.6 Å². The predicted octanol–water partition coefficient (Wildman–Crippen LogP) is -3.09. The minimum Gasteiger partial charge on any atom is -0.508 e. The molecule has 94 heavy (non-hydrogen) atoms. The van der Waals surface area contributed by atoms with Crippen molar-refractivity contribution in [3.05, 3.63) is 83.9 Å². The van der Waals surface area contributed by atoms with E-state index in [4.69, 9.17) is 5.73 Å². The van der Waals surface area contributed by atoms with E-state index in [0.717, 1.165) is 43.2 Å². The molecule has 2 aromatic carbocycles. The monoisotopic (exact) mass is 1380 g/mol. The number of aliphatic hydroxyl groups excluding tert-OH is 1. The van der Waals surface area contributed by atoms with Gasteiger partial charge in [0.25, 0.3) is 0 Å². The van der Waals surface area contributed by atoms with E-state index in [1.807, 2.05) is 0 Å². The van der Waals surface area contributed by atoms with Gasteiger partial charge in [0, 0.05) is 60.7 Å². The summed E-state index contributed by atoms with van der Waals surface area (Å²) in [7, 11) is 3.48. The average molecular weight is 1380 g/mol. The van der Waals surface area contributed by atoms with Crippen LogP contribution in [0.3, 0.4) is 0 Å². The number of carbonyl (C=O) groups excluding carboxylic acids is 12. The van der Waals surface area contributed by atoms with E-state index < -0.39 is 174 Å². The first-order chi connectivity index (χ1) is 45.1. The minimum atomic E-state index is -1.82. The summed E-state index contributed by atoms with van der Waals surface area (Å²) in [6.07, 6.45) is 2.73. The molecular formula is C59H81N15O16S4. The number of H-pyrrole nitrogens is 1. The molecule has 3 aliphatic heterocycles. The summed E-state index contributed by atoms with van der Waals surface area (Å²) in [5.74, 6) is -14.0. The van der Waals surface area contributed by atoms with Gasteiger partial charge in [0.2, 0.25) is 70.9 Å². The molecule has 17 N–H and O–H groups in total. The summed E-state index contributed by atoms with van der Waals surface area (Å²) < 4.78 is 0. The lowest BCUT2D eigenvalue weighted by Gasteiger charge is -2.30. The number of amides is 12. The first-order valence-corrected chi connectivity index (χ1v) is 35.5. The van der Waals surface area contributed by atoms with Crippen molar-refractivity contribution in [3.63, 3.8) is 0 Å². The quantitative estimate of drug-likeness (QED) is 0.0712. The highest BCUT2D eigenvalue weighted by Gasteiger charge is 2.41. The van der Waals surface area contributed by atoms with Gasteiger partial charge in [-0.05, 0) is 55.4 Å². The Morgan fingerprint density at radius 3 is 1.66 bits per heavy atom. The van der Waals surface area contributed by atoms with Crippen molar-refractivity contribution in [1.29, 1.82) is 0 Å². The third-order valence-electron chi connectivity index (χ3n) is 15.3. The lowest BCUT2D eigenvalue weighted by atomic mass is 10.0. The molecule has 3 aromatic rings. The van der Waals surface area contributed by atoms with E-state index in [1.54, 1.807) is 51.1 Å². The molecule has 4 heterocycles. The molecule has 3 aliphatic rings. The van der Waals surface area contributed by atoms with Crippen LogP contribution in [0.15, 0.2) is 67.1 Å². The average Bonchev–Trinajstić information content (AvgIpc) is 1.58. The van der Waals surface area contributed by atoms with E-state index in [-0.39, 0.29) is 68.7 Å². The second kappa shape index (κ2) is 37.7. The van der Waals surface area contributed by atoms with Crippen molar-refractivity contribution in [3.8, 4) is 5.75 Å². The number of fused-ring (bicyclic) bond motifs is 9. The number of aromatic nitrogens is 2. The molecule has 35 heteroatoms. The molecule has 31 nitrogen and oxygen atoms in total. The van der Waals surface area contributed by atoms with Crippen molar-refractivity contribution in [2.45, 2.75) is 151 Å². The first kappa shape index (κ1) is 74.9. The second-order valence-corrected chi connectivity index (χ2v) is 27.3. The number of hydrogen-bond donors (Lipinski definition) is 16. The number of carbonyl (C=O) groups is 13. The van der Waals surface area contributed by atoms with Crippen molar-refractivity contribution in [2.24, 2.45) is 5.73 Å². The highest BCUT2D eigenvalue weighted by molar-refractivity contribution is 8.77. The lowest BCUT2D eigenvalue weighted by Crippen LogP contribution is -2.61. The first-order valence-electron chi connectivity index (χ1n) is 30.5. The number of nitrogens with zero attached hydrogens (tertiary/aromatic N) is 2. The highest BCUT2D eigenvalue weighted by Crippen LogP contribution is 2.27. The third kappa shape index (κ3) is 22.5. The Hall–Kier alpha value is -8.12. The van der Waals surface area contributed by atoms with E-state index in [1.165, 1.54) is 41.7 Å². The van der Waals surface area contributed by atoms with Crippen LogP contribution in [0.2, 0.25) is 0 Å². The van der Waals surface area contributed by atoms with Gasteiger partial charge in [-0.15, -0.1) is 0 Å². The summed E-state index contributed by atoms with van der Waals surface area (Å²) in [6, 6.07) is -3.82. The van der Waals surface area contributed by atoms with Gasteiger partial charge in [0.1, 0.15) is 78.3 Å². The molecular weight excluding hydrogens is 1300 g/mol. The van der Waals surface area contributed by atoms with Crippen LogP contribution in [0, 0.1) is 0 Å². The molecule has 12 atom stereocenters. The van der Waals surface area contributed by atoms with Gasteiger partial charge in [-0.25, -0.2) is 9.78 Å². The standard InChI is InChI=1S/C59H81N15O16S4/c1-4-11-37-50(80)67-39(21-32-15-17-34(76)18-16-32)52(82)73-45(59(89)90)29-94-93-28-44-56(86)70-41(25-75)53(83)69-40(22-33-24-61-30-62-33)58(88)74-19-10-14-46(74)57(87)65-36(6-3)49(79)71-43(27-92-91-26-42(54(84)72-44)63-47(77)23-60)55(85)68-38(20-31-12-8-7-9-13-31)51(81)64-35(5-2)48(78)66-37/h7-9,12-13,15-18,24,30,35-46,75-76H,4-6,10-11,14,19-23,25-29,60H2,1-3H3,(H,61,62)(H,63,77)(H,64,81)(H,65,87)(H,66,78)(H,67,80)(H,68,85)(H,69,83)(H,70,86)(H,71,79)(H,72,84)(H,73,82)(H,89,90)/t35-,36-,37-,38-,39-,40-,41-,42-,43-,44-,45-,46-/m0/s1. The number of carboxylic acid groups (broad SMARTS) is 1. The predicted molar refractivity (Wildman–Crippen MR) is 349 cm³/mol. The Bertz CT molecular complexity index is 3140. The van der Waals surface area contributed by atoms with E-state index in [0.29, 0.717) is 29.7 Å². The maximum Gasteiger partial charge on any atom is 0.327 e. The molecule has 512 valence electrons. The number of aromatic hydroxyl groups is 1. The number of aromatic amines is 1. The summed E-state index contributed by atoms with van der Waals surface area (Å²) >= 11 is 0. The van der Waals surface area contributed by atoms with Gasteiger partial charge in [-0.1, -0.05) is 113 Å².